The van der Waals surface area contributed by atoms with Crippen LogP contribution in [0.4, 0.5) is 10.1 Å². The molecule has 1 heterocycles. The van der Waals surface area contributed by atoms with Crippen LogP contribution in [0.1, 0.15) is 16.7 Å². The summed E-state index contributed by atoms with van der Waals surface area (Å²) in [5.41, 5.74) is 1.84. The number of hydrogen-bond acceptors (Lipinski definition) is 3. The first-order valence-electron chi connectivity index (χ1n) is 8.72. The first-order chi connectivity index (χ1) is 13.3. The summed E-state index contributed by atoms with van der Waals surface area (Å²) in [6, 6.07) is 9.59. The highest BCUT2D eigenvalue weighted by Crippen LogP contribution is 2.16. The van der Waals surface area contributed by atoms with E-state index in [4.69, 9.17) is 0 Å². The average Bonchev–Trinajstić information content (AvgIpc) is 2.64. The Kier molecular flexibility index (Phi) is 5.26. The molecule has 0 unspecified atom stereocenters. The lowest BCUT2D eigenvalue weighted by atomic mass is 10.1. The molecule has 1 aromatic heterocycles. The molecule has 0 aliphatic rings. The van der Waals surface area contributed by atoms with Gasteiger partial charge in [-0.1, -0.05) is 23.8 Å². The molecule has 0 atom stereocenters. The molecule has 7 heteroatoms. The Labute approximate surface area is 160 Å². The third-order valence-electron chi connectivity index (χ3n) is 4.46. The normalized spacial score (nSPS) is 10.7. The SMILES string of the molecule is Cc1ccc(NC(=O)Cn2ccn(-c3cc(F)ccc3C)c(=O)c2=O)c(C)c1. The molecule has 0 saturated carbocycles. The minimum atomic E-state index is -0.859. The molecule has 0 bridgehead atoms. The van der Waals surface area contributed by atoms with Gasteiger partial charge in [-0.15, -0.1) is 0 Å². The van der Waals surface area contributed by atoms with Crippen molar-refractivity contribution in [3.8, 4) is 5.69 Å². The summed E-state index contributed by atoms with van der Waals surface area (Å²) >= 11 is 0. The Bertz CT molecular complexity index is 1180. The molecule has 6 nitrogen and oxygen atoms in total. The molecular weight excluding hydrogens is 361 g/mol. The van der Waals surface area contributed by atoms with Crippen LogP contribution in [0, 0.1) is 26.6 Å². The van der Waals surface area contributed by atoms with E-state index < -0.39 is 22.8 Å². The summed E-state index contributed by atoms with van der Waals surface area (Å²) in [5, 5.41) is 2.74. The molecule has 0 radical (unpaired) electrons. The van der Waals surface area contributed by atoms with E-state index >= 15 is 0 Å². The van der Waals surface area contributed by atoms with Gasteiger partial charge in [0.1, 0.15) is 12.4 Å². The zero-order valence-electron chi connectivity index (χ0n) is 15.8. The molecule has 28 heavy (non-hydrogen) atoms. The molecule has 144 valence electrons. The molecule has 1 amide bonds. The lowest BCUT2D eigenvalue weighted by Gasteiger charge is -2.12. The number of aromatic nitrogens is 2. The van der Waals surface area contributed by atoms with Gasteiger partial charge >= 0.3 is 11.1 Å². The highest BCUT2D eigenvalue weighted by molar-refractivity contribution is 5.91. The second kappa shape index (κ2) is 7.64. The fourth-order valence-corrected chi connectivity index (χ4v) is 2.96. The van der Waals surface area contributed by atoms with Crippen molar-refractivity contribution in [3.05, 3.63) is 92.0 Å². The average molecular weight is 381 g/mol. The van der Waals surface area contributed by atoms with Crippen molar-refractivity contribution in [2.75, 3.05) is 5.32 Å². The summed E-state index contributed by atoms with van der Waals surface area (Å²) in [6.45, 7) is 5.24. The van der Waals surface area contributed by atoms with Crippen molar-refractivity contribution < 1.29 is 9.18 Å². The van der Waals surface area contributed by atoms with E-state index in [9.17, 15) is 18.8 Å². The lowest BCUT2D eigenvalue weighted by Crippen LogP contribution is -2.41. The van der Waals surface area contributed by atoms with E-state index in [0.29, 0.717) is 11.3 Å². The third-order valence-corrected chi connectivity index (χ3v) is 4.46. The zero-order chi connectivity index (χ0) is 20.4. The van der Waals surface area contributed by atoms with Gasteiger partial charge in [-0.25, -0.2) is 4.39 Å². The van der Waals surface area contributed by atoms with Crippen LogP contribution in [-0.4, -0.2) is 15.0 Å². The highest BCUT2D eigenvalue weighted by Gasteiger charge is 2.12. The van der Waals surface area contributed by atoms with Gasteiger partial charge in [0.05, 0.1) is 5.69 Å². The summed E-state index contributed by atoms with van der Waals surface area (Å²) < 4.78 is 15.6. The fourth-order valence-electron chi connectivity index (χ4n) is 2.96. The van der Waals surface area contributed by atoms with Gasteiger partial charge in [0.25, 0.3) is 0 Å². The standard InChI is InChI=1S/C21H20FN3O3/c1-13-4-7-17(15(3)10-13)23-19(26)12-24-8-9-25(21(28)20(24)27)18-11-16(22)6-5-14(18)2/h4-11H,12H2,1-3H3,(H,23,26). The van der Waals surface area contributed by atoms with Crippen LogP contribution in [0.3, 0.4) is 0 Å². The molecule has 0 aliphatic heterocycles. The number of rotatable bonds is 4. The van der Waals surface area contributed by atoms with Crippen molar-refractivity contribution in [1.29, 1.82) is 0 Å². The van der Waals surface area contributed by atoms with Gasteiger partial charge in [0, 0.05) is 18.1 Å². The van der Waals surface area contributed by atoms with Crippen molar-refractivity contribution in [3.63, 3.8) is 0 Å². The van der Waals surface area contributed by atoms with Gasteiger partial charge in [0.15, 0.2) is 0 Å². The lowest BCUT2D eigenvalue weighted by molar-refractivity contribution is -0.116. The molecule has 2 aromatic carbocycles. The Morgan fingerprint density at radius 2 is 1.71 bits per heavy atom. The number of carbonyl (C=O) groups excluding carboxylic acids is 1. The van der Waals surface area contributed by atoms with Crippen LogP contribution >= 0.6 is 0 Å². The second-order valence-corrected chi connectivity index (χ2v) is 6.70. The first-order valence-corrected chi connectivity index (χ1v) is 8.72. The zero-order valence-corrected chi connectivity index (χ0v) is 15.8. The Morgan fingerprint density at radius 3 is 2.43 bits per heavy atom. The van der Waals surface area contributed by atoms with Crippen LogP contribution in [0.15, 0.2) is 58.4 Å². The van der Waals surface area contributed by atoms with Crippen molar-refractivity contribution in [2.45, 2.75) is 27.3 Å². The van der Waals surface area contributed by atoms with E-state index in [1.807, 2.05) is 26.0 Å². The quantitative estimate of drug-likeness (QED) is 0.707. The minimum Gasteiger partial charge on any atom is -0.324 e. The molecule has 0 fully saturated rings. The predicted molar refractivity (Wildman–Crippen MR) is 106 cm³/mol. The number of nitrogens with zero attached hydrogens (tertiary/aromatic N) is 2. The molecule has 0 aliphatic carbocycles. The molecule has 0 spiro atoms. The summed E-state index contributed by atoms with van der Waals surface area (Å²) in [5.74, 6) is -0.933. The highest BCUT2D eigenvalue weighted by atomic mass is 19.1. The van der Waals surface area contributed by atoms with E-state index in [1.165, 1.54) is 30.6 Å². The smallest absolute Gasteiger partial charge is 0.320 e. The molecular formula is C21H20FN3O3. The van der Waals surface area contributed by atoms with Crippen molar-refractivity contribution >= 4 is 11.6 Å². The van der Waals surface area contributed by atoms with Gasteiger partial charge in [-0.2, -0.15) is 0 Å². The van der Waals surface area contributed by atoms with Crippen molar-refractivity contribution in [2.24, 2.45) is 0 Å². The number of amides is 1. The van der Waals surface area contributed by atoms with E-state index in [1.54, 1.807) is 13.0 Å². The van der Waals surface area contributed by atoms with Crippen LogP contribution in [-0.2, 0) is 11.3 Å². The van der Waals surface area contributed by atoms with Gasteiger partial charge < -0.3 is 5.32 Å². The van der Waals surface area contributed by atoms with Gasteiger partial charge in [-0.3, -0.25) is 23.5 Å². The number of aryl methyl sites for hydroxylation is 3. The number of anilines is 1. The van der Waals surface area contributed by atoms with Gasteiger partial charge in [-0.05, 0) is 50.1 Å². The number of benzene rings is 2. The summed E-state index contributed by atoms with van der Waals surface area (Å²) in [6.07, 6.45) is 2.70. The van der Waals surface area contributed by atoms with Gasteiger partial charge in [0.2, 0.25) is 5.91 Å². The van der Waals surface area contributed by atoms with Crippen LogP contribution in [0.5, 0.6) is 0 Å². The van der Waals surface area contributed by atoms with Crippen LogP contribution < -0.4 is 16.4 Å². The first kappa shape index (κ1) is 19.3. The van der Waals surface area contributed by atoms with Crippen LogP contribution in [0.25, 0.3) is 5.69 Å². The van der Waals surface area contributed by atoms with E-state index in [0.717, 1.165) is 20.3 Å². The van der Waals surface area contributed by atoms with Crippen molar-refractivity contribution in [1.82, 2.24) is 9.13 Å². The fraction of sp³-hybridized carbons (Fsp3) is 0.190. The predicted octanol–water partition coefficient (Wildman–Crippen LogP) is 2.70. The second-order valence-electron chi connectivity index (χ2n) is 6.70. The maximum atomic E-state index is 13.5. The molecule has 3 aromatic rings. The Balaban J connectivity index is 1.87. The summed E-state index contributed by atoms with van der Waals surface area (Å²) in [4.78, 5) is 37.2. The van der Waals surface area contributed by atoms with Crippen LogP contribution in [0.2, 0.25) is 0 Å². The maximum absolute atomic E-state index is 13.5. The number of nitrogens with one attached hydrogen (secondary N) is 1. The van der Waals surface area contributed by atoms with E-state index in [-0.39, 0.29) is 12.2 Å². The molecule has 0 saturated heterocycles. The van der Waals surface area contributed by atoms with E-state index in [2.05, 4.69) is 5.32 Å². The monoisotopic (exact) mass is 381 g/mol. The Hall–Kier alpha value is -3.48. The third kappa shape index (κ3) is 3.93. The number of hydrogen-bond donors (Lipinski definition) is 1. The Morgan fingerprint density at radius 1 is 0.964 bits per heavy atom. The number of carbonyl (C=O) groups is 1. The maximum Gasteiger partial charge on any atom is 0.320 e. The topological polar surface area (TPSA) is 73.1 Å². The summed E-state index contributed by atoms with van der Waals surface area (Å²) in [7, 11) is 0. The molecule has 1 N–H and O–H groups in total. The molecule has 3 rings (SSSR count). The minimum absolute atomic E-state index is 0.286. The number of halogens is 1. The largest absolute Gasteiger partial charge is 0.324 e.